The average Bonchev–Trinajstić information content (AvgIpc) is 1.65. The van der Waals surface area contributed by atoms with Crippen molar-refractivity contribution in [3.05, 3.63) is 101 Å². The van der Waals surface area contributed by atoms with Crippen molar-refractivity contribution in [1.82, 2.24) is 25.8 Å². The number of fused-ring (bicyclic) bond motifs is 5. The lowest BCUT2D eigenvalue weighted by Gasteiger charge is -2.33. The molecule has 7 aliphatic rings. The second-order valence-electron chi connectivity index (χ2n) is 30.9. The predicted octanol–water partition coefficient (Wildman–Crippen LogP) is 10.9. The summed E-state index contributed by atoms with van der Waals surface area (Å²) in [6, 6.07) is 17.2. The molecule has 6 amide bonds. The highest BCUT2D eigenvalue weighted by Crippen LogP contribution is 2.44. The molecule has 0 bridgehead atoms. The molecular weight excluding hydrogens is 1530 g/mol. The van der Waals surface area contributed by atoms with Gasteiger partial charge in [0.1, 0.15) is 23.7 Å². The van der Waals surface area contributed by atoms with Gasteiger partial charge < -0.3 is 97.4 Å². The maximum Gasteiger partial charge on any atom is 0.260 e. The third-order valence-electron chi connectivity index (χ3n) is 22.0. The summed E-state index contributed by atoms with van der Waals surface area (Å²) < 4.78 is 79.4. The summed E-state index contributed by atoms with van der Waals surface area (Å²) in [4.78, 5) is 119. The molecule has 2 fully saturated rings. The van der Waals surface area contributed by atoms with Crippen molar-refractivity contribution in [3.63, 3.8) is 0 Å². The molecule has 119 heavy (non-hydrogen) atoms. The zero-order chi connectivity index (χ0) is 83.7. The van der Waals surface area contributed by atoms with Gasteiger partial charge in [0.25, 0.3) is 11.8 Å². The summed E-state index contributed by atoms with van der Waals surface area (Å²) in [6.45, 7) is 12.1. The monoisotopic (exact) mass is 1650 g/mol. The predicted molar refractivity (Wildman–Crippen MR) is 444 cm³/mol. The number of nitrogens with zero attached hydrogens (tertiary/aromatic N) is 4. The number of ketones is 2. The van der Waals surface area contributed by atoms with Crippen LogP contribution in [0.2, 0.25) is 0 Å². The molecule has 5 heterocycles. The molecule has 6 atom stereocenters. The summed E-state index contributed by atoms with van der Waals surface area (Å²) in [5.74, 6) is 1.39. The molecule has 646 valence electrons. The van der Waals surface area contributed by atoms with Gasteiger partial charge in [-0.25, -0.2) is 0 Å². The number of Topliss-reactive ketones (excluding diaryl/α,β-unsaturated/α-hetero) is 2. The van der Waals surface area contributed by atoms with E-state index in [0.29, 0.717) is 225 Å². The molecule has 30 heteroatoms. The molecule has 2 aliphatic carbocycles. The zero-order valence-corrected chi connectivity index (χ0v) is 69.4. The maximum absolute atomic E-state index is 14.2. The molecule has 11 rings (SSSR count). The van der Waals surface area contributed by atoms with Crippen molar-refractivity contribution in [1.29, 1.82) is 0 Å². The van der Waals surface area contributed by atoms with E-state index in [2.05, 4.69) is 21.3 Å². The summed E-state index contributed by atoms with van der Waals surface area (Å²) in [5, 5.41) is 11.3. The minimum Gasteiger partial charge on any atom is -0.493 e. The fraction of sp³-hybridized carbons (Fsp3) is 0.573. The van der Waals surface area contributed by atoms with Gasteiger partial charge in [-0.1, -0.05) is 77.0 Å². The molecule has 5 aliphatic heterocycles. The van der Waals surface area contributed by atoms with E-state index in [4.69, 9.17) is 76.3 Å². The number of hydrogen-bond acceptors (Lipinski definition) is 24. The van der Waals surface area contributed by atoms with Crippen molar-refractivity contribution in [2.24, 2.45) is 33.7 Å². The van der Waals surface area contributed by atoms with E-state index in [0.717, 1.165) is 54.4 Å². The van der Waals surface area contributed by atoms with Crippen LogP contribution in [0.15, 0.2) is 89.1 Å². The van der Waals surface area contributed by atoms with Gasteiger partial charge in [0, 0.05) is 106 Å². The lowest BCUT2D eigenvalue weighted by Crippen LogP contribution is -2.53. The van der Waals surface area contributed by atoms with Crippen LogP contribution < -0.4 is 49.7 Å². The van der Waals surface area contributed by atoms with Gasteiger partial charge in [-0.2, -0.15) is 0 Å². The van der Waals surface area contributed by atoms with Crippen LogP contribution in [0.25, 0.3) is 11.1 Å². The van der Waals surface area contributed by atoms with Crippen LogP contribution in [0, 0.1) is 23.7 Å². The lowest BCUT2D eigenvalue weighted by atomic mass is 9.69. The highest BCUT2D eigenvalue weighted by Gasteiger charge is 2.40. The second kappa shape index (κ2) is 47.4. The van der Waals surface area contributed by atoms with Gasteiger partial charge >= 0.3 is 0 Å². The Morgan fingerprint density at radius 2 is 1.00 bits per heavy atom. The number of benzene rings is 4. The molecule has 4 aromatic rings. The lowest BCUT2D eigenvalue weighted by molar-refractivity contribution is -0.139. The van der Waals surface area contributed by atoms with Gasteiger partial charge in [-0.05, 0) is 103 Å². The van der Waals surface area contributed by atoms with Crippen LogP contribution in [-0.4, -0.2) is 240 Å². The first-order chi connectivity index (χ1) is 58.0. The smallest absolute Gasteiger partial charge is 0.260 e. The van der Waals surface area contributed by atoms with Gasteiger partial charge in [-0.15, -0.1) is 0 Å². The second-order valence-corrected chi connectivity index (χ2v) is 30.9. The largest absolute Gasteiger partial charge is 0.493 e. The van der Waals surface area contributed by atoms with Gasteiger partial charge in [0.15, 0.2) is 34.5 Å². The first-order valence-electron chi connectivity index (χ1n) is 42.2. The topological polar surface area (TPSA) is 345 Å². The van der Waals surface area contributed by atoms with Crippen molar-refractivity contribution in [2.45, 2.75) is 161 Å². The minimum absolute atomic E-state index is 0.0137. The molecule has 0 aromatic heterocycles. The number of aliphatic imine (C=N–C) groups is 2. The third kappa shape index (κ3) is 26.9. The highest BCUT2D eigenvalue weighted by atomic mass is 16.7. The number of anilines is 1. The number of carbonyl (C=O) groups excluding carboxylic acids is 8. The Hall–Kier alpha value is -9.66. The molecule has 0 spiro atoms. The van der Waals surface area contributed by atoms with Crippen LogP contribution in [-0.2, 0) is 66.7 Å². The zero-order valence-electron chi connectivity index (χ0n) is 69.4. The summed E-state index contributed by atoms with van der Waals surface area (Å²) in [7, 11) is 3.02. The fourth-order valence-electron chi connectivity index (χ4n) is 15.5. The summed E-state index contributed by atoms with van der Waals surface area (Å²) in [6.07, 6.45) is 21.5. The third-order valence-corrected chi connectivity index (χ3v) is 22.0. The molecule has 4 aromatic carbocycles. The van der Waals surface area contributed by atoms with E-state index < -0.39 is 23.9 Å². The van der Waals surface area contributed by atoms with Crippen LogP contribution in [0.1, 0.15) is 168 Å². The van der Waals surface area contributed by atoms with Gasteiger partial charge in [0.05, 0.1) is 168 Å². The molecule has 4 N–H and O–H groups in total. The van der Waals surface area contributed by atoms with E-state index in [1.807, 2.05) is 42.7 Å². The van der Waals surface area contributed by atoms with Crippen molar-refractivity contribution < 1.29 is 105 Å². The summed E-state index contributed by atoms with van der Waals surface area (Å²) in [5.41, 5.74) is 5.78. The normalized spacial score (nSPS) is 18.8. The van der Waals surface area contributed by atoms with E-state index in [9.17, 15) is 38.4 Å². The molecule has 6 unspecified atom stereocenters. The van der Waals surface area contributed by atoms with Gasteiger partial charge in [0.2, 0.25) is 30.4 Å². The van der Waals surface area contributed by atoms with Crippen molar-refractivity contribution in [3.8, 4) is 34.5 Å². The Labute approximate surface area is 696 Å². The Morgan fingerprint density at radius 1 is 0.496 bits per heavy atom. The number of rotatable bonds is 49. The van der Waals surface area contributed by atoms with Crippen LogP contribution in [0.5, 0.6) is 34.5 Å². The van der Waals surface area contributed by atoms with E-state index in [-0.39, 0.29) is 98.9 Å². The van der Waals surface area contributed by atoms with E-state index in [1.165, 1.54) is 39.9 Å². The fourth-order valence-corrected chi connectivity index (χ4v) is 15.5. The quantitative estimate of drug-likeness (QED) is 0.0298. The molecule has 0 radical (unpaired) electrons. The molecular formula is C89H118N8O22. The summed E-state index contributed by atoms with van der Waals surface area (Å²) >= 11 is 0. The number of unbranched alkanes of at least 4 members (excludes halogenated alkanes) is 1. The highest BCUT2D eigenvalue weighted by molar-refractivity contribution is 6.07. The van der Waals surface area contributed by atoms with Crippen LogP contribution >= 0.6 is 0 Å². The number of methoxy groups -OCH3 is 2. The van der Waals surface area contributed by atoms with Crippen molar-refractivity contribution in [2.75, 3.05) is 152 Å². The first-order valence-corrected chi connectivity index (χ1v) is 42.2. The standard InChI is InChI=1S/C89H118N8O22/c1-59(2)84(95-83(100)25-29-108-31-33-110-35-37-112-39-41-114-43-44-115-42-40-113-38-36-111-34-32-109-30-26-90-82(99)18-13-12-17-64-47-70(98)49-71(85(64)101)62-15-10-8-6-7-9-11-16-62)87(103)93-60(3)86(102)94-67-22-19-61(20-23-67)65-45-68-54-91-74-52-80(77(106-4)50-72(74)88(104)96(68)56-65)116-27-14-28-117-81-53-75-73(51-78(81)107-5)89(105)97-57-66(46-69(97)55-92-75)63-21-24-76-79(48-63)119-58-118-76/h19-24,48,50-57,59-60,62,64,68-69,71,84H,6-18,25-47,49,58H2,1-5H3,(H,90,99)(H,93,103)(H,94,102)(H,95,100). The number of carbonyl (C=O) groups is 8. The Bertz CT molecular complexity index is 4180. The van der Waals surface area contributed by atoms with Crippen molar-refractivity contribution >= 4 is 87.6 Å². The number of amides is 6. The van der Waals surface area contributed by atoms with E-state index in [1.54, 1.807) is 79.4 Å². The van der Waals surface area contributed by atoms with Crippen LogP contribution in [0.3, 0.4) is 0 Å². The molecule has 0 saturated heterocycles. The van der Waals surface area contributed by atoms with Gasteiger partial charge in [-0.3, -0.25) is 48.3 Å². The first kappa shape index (κ1) is 90.1. The SMILES string of the molecule is COc1cc2c(cc1OCCCOc1cc3c(cc1OC)C(=O)N1C=C(c4ccc5c(c4)OCO5)CC1C=N3)N=CC1CC(c3ccc(NC(=O)C(C)NC(=O)C(NC(=O)CCOCCOCCOCCOCCOCCOCCOCCOCCNC(=O)CCCCC4CC(=O)CC(C5CCCCCCCC5)C4=O)C(C)C)cc3)=CN1C2=O. The maximum atomic E-state index is 14.2. The average molecular weight is 1650 g/mol. The minimum atomic E-state index is -0.944. The Morgan fingerprint density at radius 3 is 1.54 bits per heavy atom. The molecule has 30 nitrogen and oxygen atoms in total. The molecule has 2 saturated carbocycles. The number of ether oxygens (including phenoxy) is 14. The van der Waals surface area contributed by atoms with Crippen LogP contribution in [0.4, 0.5) is 17.1 Å². The number of hydrogen-bond donors (Lipinski definition) is 4. The Balaban J connectivity index is 0.471. The number of nitrogens with one attached hydrogen (secondary N) is 4. The van der Waals surface area contributed by atoms with E-state index >= 15 is 0 Å². The Kier molecular flexibility index (Phi) is 35.9.